The van der Waals surface area contributed by atoms with E-state index >= 15 is 0 Å². The summed E-state index contributed by atoms with van der Waals surface area (Å²) in [4.78, 5) is 7.32. The van der Waals surface area contributed by atoms with E-state index in [2.05, 4.69) is 126 Å². The van der Waals surface area contributed by atoms with E-state index < -0.39 is 0 Å². The molecule has 0 unspecified atom stereocenters. The van der Waals surface area contributed by atoms with Crippen LogP contribution in [0.2, 0.25) is 0 Å². The van der Waals surface area contributed by atoms with E-state index in [1.165, 1.54) is 20.2 Å². The first kappa shape index (κ1) is 25.8. The Morgan fingerprint density at radius 1 is 0.511 bits per heavy atom. The summed E-state index contributed by atoms with van der Waals surface area (Å²) in [5.74, 6) is 0.636. The van der Waals surface area contributed by atoms with Gasteiger partial charge in [0, 0.05) is 48.2 Å². The number of anilines is 3. The third-order valence-electron chi connectivity index (χ3n) is 8.49. The van der Waals surface area contributed by atoms with Crippen molar-refractivity contribution >= 4 is 70.4 Å². The van der Waals surface area contributed by atoms with Crippen molar-refractivity contribution in [3.05, 3.63) is 158 Å². The van der Waals surface area contributed by atoms with E-state index in [1.54, 1.807) is 0 Å². The number of para-hydroxylation sites is 1. The Morgan fingerprint density at radius 2 is 1.22 bits per heavy atom. The molecule has 2 heterocycles. The van der Waals surface area contributed by atoms with Crippen LogP contribution in [0.15, 0.2) is 162 Å². The molecule has 0 atom stereocenters. The molecule has 0 amide bonds. The van der Waals surface area contributed by atoms with Gasteiger partial charge >= 0.3 is 0 Å². The quantitative estimate of drug-likeness (QED) is 0.198. The molecule has 9 rings (SSSR count). The lowest BCUT2D eigenvalue weighted by atomic mass is 9.97. The van der Waals surface area contributed by atoms with E-state index in [0.29, 0.717) is 5.89 Å². The van der Waals surface area contributed by atoms with Gasteiger partial charge in [-0.1, -0.05) is 91.0 Å². The highest BCUT2D eigenvalue weighted by atomic mass is 32.1. The number of benzene rings is 7. The van der Waals surface area contributed by atoms with Crippen LogP contribution in [0.4, 0.5) is 17.1 Å². The summed E-state index contributed by atoms with van der Waals surface area (Å²) in [7, 11) is 0. The molecule has 0 spiro atoms. The Balaban J connectivity index is 1.17. The maximum Gasteiger partial charge on any atom is 0.227 e. The summed E-state index contributed by atoms with van der Waals surface area (Å²) >= 11 is 1.84. The molecule has 0 saturated carbocycles. The van der Waals surface area contributed by atoms with E-state index in [1.807, 2.05) is 47.7 Å². The fraction of sp³-hybridized carbons (Fsp3) is 0. The topological polar surface area (TPSA) is 29.3 Å². The molecule has 45 heavy (non-hydrogen) atoms. The molecular weight excluding hydrogens is 569 g/mol. The number of aromatic nitrogens is 1. The van der Waals surface area contributed by atoms with Crippen LogP contribution in [-0.2, 0) is 0 Å². The average molecular weight is 595 g/mol. The summed E-state index contributed by atoms with van der Waals surface area (Å²) in [6.07, 6.45) is 0. The summed E-state index contributed by atoms with van der Waals surface area (Å²) in [5.41, 5.74) is 8.26. The molecule has 7 aromatic carbocycles. The largest absolute Gasteiger partial charge is 0.436 e. The summed E-state index contributed by atoms with van der Waals surface area (Å²) in [6.45, 7) is 0. The van der Waals surface area contributed by atoms with Gasteiger partial charge in [0.05, 0.1) is 0 Å². The van der Waals surface area contributed by atoms with Gasteiger partial charge in [0.1, 0.15) is 5.52 Å². The van der Waals surface area contributed by atoms with Crippen molar-refractivity contribution in [2.45, 2.75) is 0 Å². The van der Waals surface area contributed by atoms with E-state index in [-0.39, 0.29) is 0 Å². The molecule has 0 radical (unpaired) electrons. The van der Waals surface area contributed by atoms with Crippen molar-refractivity contribution in [2.75, 3.05) is 4.90 Å². The van der Waals surface area contributed by atoms with Gasteiger partial charge in [-0.05, 0) is 83.2 Å². The highest BCUT2D eigenvalue weighted by Crippen LogP contribution is 2.42. The summed E-state index contributed by atoms with van der Waals surface area (Å²) < 4.78 is 8.85. The minimum absolute atomic E-state index is 0.636. The fourth-order valence-electron chi connectivity index (χ4n) is 6.38. The minimum atomic E-state index is 0.636. The zero-order chi connectivity index (χ0) is 29.7. The van der Waals surface area contributed by atoms with Gasteiger partial charge in [-0.25, -0.2) is 4.98 Å². The number of hydrogen-bond donors (Lipinski definition) is 0. The van der Waals surface area contributed by atoms with Crippen LogP contribution in [-0.4, -0.2) is 4.98 Å². The minimum Gasteiger partial charge on any atom is -0.436 e. The Labute approximate surface area is 264 Å². The van der Waals surface area contributed by atoms with Gasteiger partial charge in [0.15, 0.2) is 5.58 Å². The van der Waals surface area contributed by atoms with Gasteiger partial charge in [0.25, 0.3) is 0 Å². The van der Waals surface area contributed by atoms with Crippen molar-refractivity contribution < 1.29 is 4.42 Å². The van der Waals surface area contributed by atoms with E-state index in [0.717, 1.165) is 55.6 Å². The molecular formula is C41H26N2OS. The van der Waals surface area contributed by atoms with Gasteiger partial charge in [-0.3, -0.25) is 0 Å². The van der Waals surface area contributed by atoms with Crippen LogP contribution >= 0.6 is 11.3 Å². The second-order valence-electron chi connectivity index (χ2n) is 11.2. The van der Waals surface area contributed by atoms with Crippen LogP contribution < -0.4 is 4.90 Å². The smallest absolute Gasteiger partial charge is 0.227 e. The van der Waals surface area contributed by atoms with E-state index in [4.69, 9.17) is 9.40 Å². The first-order valence-corrected chi connectivity index (χ1v) is 15.9. The number of hydrogen-bond acceptors (Lipinski definition) is 4. The Kier molecular flexibility index (Phi) is 6.00. The highest BCUT2D eigenvalue weighted by molar-refractivity contribution is 7.25. The third-order valence-corrected chi connectivity index (χ3v) is 9.64. The number of thiophene rings is 1. The highest BCUT2D eigenvalue weighted by Gasteiger charge is 2.17. The SMILES string of the molecule is c1ccc(-c2nc3c(ccc4cccc(-c5ccc(N(c6ccccc6)c6ccc7sc8ccccc8c7c6)cc5)c43)o2)cc1. The van der Waals surface area contributed by atoms with Crippen LogP contribution in [0.1, 0.15) is 0 Å². The second kappa shape index (κ2) is 10.5. The van der Waals surface area contributed by atoms with Crippen LogP contribution in [0, 0.1) is 0 Å². The van der Waals surface area contributed by atoms with Crippen molar-refractivity contribution in [3.8, 4) is 22.6 Å². The molecule has 212 valence electrons. The monoisotopic (exact) mass is 594 g/mol. The average Bonchev–Trinajstić information content (AvgIpc) is 3.71. The van der Waals surface area contributed by atoms with Crippen molar-refractivity contribution in [1.29, 1.82) is 0 Å². The van der Waals surface area contributed by atoms with Gasteiger partial charge < -0.3 is 9.32 Å². The normalized spacial score (nSPS) is 11.6. The number of oxazole rings is 1. The summed E-state index contributed by atoms with van der Waals surface area (Å²) in [5, 5.41) is 4.82. The maximum atomic E-state index is 6.24. The molecule has 0 fully saturated rings. The molecule has 0 saturated heterocycles. The standard InChI is InChI=1S/C41H26N2OS/c1-3-10-29(11-4-1)41-42-40-36(44-41)24-20-28-12-9-16-33(39(28)40)27-18-21-31(22-19-27)43(30-13-5-2-6-14-30)32-23-25-38-35(26-32)34-15-7-8-17-37(34)45-38/h1-26H. The molecule has 0 bridgehead atoms. The Morgan fingerprint density at radius 3 is 2.07 bits per heavy atom. The van der Waals surface area contributed by atoms with Crippen LogP contribution in [0.3, 0.4) is 0 Å². The molecule has 0 aliphatic carbocycles. The Bertz CT molecular complexity index is 2480. The molecule has 9 aromatic rings. The lowest BCUT2D eigenvalue weighted by Crippen LogP contribution is -2.09. The number of fused-ring (bicyclic) bond motifs is 6. The lowest BCUT2D eigenvalue weighted by Gasteiger charge is -2.26. The number of rotatable bonds is 5. The molecule has 0 N–H and O–H groups in total. The zero-order valence-electron chi connectivity index (χ0n) is 24.2. The maximum absolute atomic E-state index is 6.24. The predicted molar refractivity (Wildman–Crippen MR) is 190 cm³/mol. The first-order valence-electron chi connectivity index (χ1n) is 15.0. The first-order chi connectivity index (χ1) is 22.3. The van der Waals surface area contributed by atoms with Crippen molar-refractivity contribution in [1.82, 2.24) is 4.98 Å². The number of nitrogens with zero attached hydrogens (tertiary/aromatic N) is 2. The fourth-order valence-corrected chi connectivity index (χ4v) is 7.46. The van der Waals surface area contributed by atoms with Crippen LogP contribution in [0.25, 0.3) is 64.6 Å². The second-order valence-corrected chi connectivity index (χ2v) is 12.3. The zero-order valence-corrected chi connectivity index (χ0v) is 25.0. The van der Waals surface area contributed by atoms with Crippen LogP contribution in [0.5, 0.6) is 0 Å². The molecule has 4 heteroatoms. The van der Waals surface area contributed by atoms with Crippen molar-refractivity contribution in [2.24, 2.45) is 0 Å². The van der Waals surface area contributed by atoms with Gasteiger partial charge in [-0.2, -0.15) is 0 Å². The molecule has 0 aliphatic heterocycles. The van der Waals surface area contributed by atoms with Crippen molar-refractivity contribution in [3.63, 3.8) is 0 Å². The van der Waals surface area contributed by atoms with Gasteiger partial charge in [-0.15, -0.1) is 11.3 Å². The Hall–Kier alpha value is -5.71. The summed E-state index contributed by atoms with van der Waals surface area (Å²) in [6, 6.07) is 55.6. The molecule has 0 aliphatic rings. The van der Waals surface area contributed by atoms with E-state index in [9.17, 15) is 0 Å². The van der Waals surface area contributed by atoms with Gasteiger partial charge in [0.2, 0.25) is 5.89 Å². The predicted octanol–water partition coefficient (Wildman–Crippen LogP) is 12.2. The molecule has 3 nitrogen and oxygen atoms in total. The molecule has 2 aromatic heterocycles. The third kappa shape index (κ3) is 4.38. The lowest BCUT2D eigenvalue weighted by molar-refractivity contribution is 0.620.